The Morgan fingerprint density at radius 2 is 2.00 bits per heavy atom. The molecular formula is C13H15BrClN3O2. The molecule has 1 heterocycles. The summed E-state index contributed by atoms with van der Waals surface area (Å²) in [5, 5.41) is 8.76. The van der Waals surface area contributed by atoms with E-state index in [9.17, 15) is 0 Å². The lowest BCUT2D eigenvalue weighted by molar-refractivity contribution is -0.142. The molecule has 0 unspecified atom stereocenters. The third-order valence-electron chi connectivity index (χ3n) is 2.54. The molecule has 2 aromatic rings. The smallest absolute Gasteiger partial charge is 0.204 e. The second kappa shape index (κ2) is 7.17. The third kappa shape index (κ3) is 3.58. The maximum atomic E-state index is 6.17. The third-order valence-corrected chi connectivity index (χ3v) is 3.36. The molecule has 7 heteroatoms. The highest BCUT2D eigenvalue weighted by Crippen LogP contribution is 2.25. The quantitative estimate of drug-likeness (QED) is 0.736. The molecule has 0 N–H and O–H groups in total. The van der Waals surface area contributed by atoms with E-state index in [4.69, 9.17) is 21.1 Å². The number of halogens is 2. The van der Waals surface area contributed by atoms with Gasteiger partial charge in [-0.3, -0.25) is 0 Å². The molecule has 0 radical (unpaired) electrons. The van der Waals surface area contributed by atoms with Gasteiger partial charge in [-0.25, -0.2) is 4.68 Å². The zero-order valence-electron chi connectivity index (χ0n) is 11.2. The van der Waals surface area contributed by atoms with Crippen LogP contribution >= 0.6 is 27.5 Å². The van der Waals surface area contributed by atoms with Gasteiger partial charge in [0.1, 0.15) is 5.69 Å². The second-order valence-corrected chi connectivity index (χ2v) is 5.25. The van der Waals surface area contributed by atoms with Crippen molar-refractivity contribution < 1.29 is 9.47 Å². The number of hydrogen-bond donors (Lipinski definition) is 0. The van der Waals surface area contributed by atoms with E-state index in [-0.39, 0.29) is 0 Å². The van der Waals surface area contributed by atoms with Crippen molar-refractivity contribution >= 4 is 27.5 Å². The summed E-state index contributed by atoms with van der Waals surface area (Å²) >= 11 is 9.58. The summed E-state index contributed by atoms with van der Waals surface area (Å²) in [5.74, 6) is 0. The first-order valence-corrected chi connectivity index (χ1v) is 7.43. The molecule has 0 saturated carbocycles. The fourth-order valence-corrected chi connectivity index (χ4v) is 2.24. The van der Waals surface area contributed by atoms with Gasteiger partial charge >= 0.3 is 0 Å². The molecule has 0 bridgehead atoms. The van der Waals surface area contributed by atoms with Crippen LogP contribution in [0.15, 0.2) is 28.9 Å². The fraction of sp³-hybridized carbons (Fsp3) is 0.385. The second-order valence-electron chi connectivity index (χ2n) is 3.93. The van der Waals surface area contributed by atoms with Crippen molar-refractivity contribution in [3.05, 3.63) is 39.6 Å². The Bertz CT molecular complexity index is 570. The molecule has 1 aromatic carbocycles. The largest absolute Gasteiger partial charge is 0.347 e. The van der Waals surface area contributed by atoms with Gasteiger partial charge in [-0.1, -0.05) is 32.7 Å². The average molecular weight is 361 g/mol. The Morgan fingerprint density at radius 1 is 1.30 bits per heavy atom. The Kier molecular flexibility index (Phi) is 5.54. The van der Waals surface area contributed by atoms with Crippen LogP contribution in [0.4, 0.5) is 0 Å². The van der Waals surface area contributed by atoms with Gasteiger partial charge < -0.3 is 9.47 Å². The van der Waals surface area contributed by atoms with Gasteiger partial charge in [0.05, 0.1) is 16.9 Å². The van der Waals surface area contributed by atoms with Crippen LogP contribution in [-0.4, -0.2) is 28.2 Å². The lowest BCUT2D eigenvalue weighted by Crippen LogP contribution is -2.09. The number of aromatic nitrogens is 3. The minimum absolute atomic E-state index is 0.510. The summed E-state index contributed by atoms with van der Waals surface area (Å²) in [6.45, 7) is 4.88. The number of benzene rings is 1. The minimum Gasteiger partial charge on any atom is -0.347 e. The number of ether oxygens (including phenoxy) is 2. The molecule has 5 nitrogen and oxygen atoms in total. The van der Waals surface area contributed by atoms with Crippen LogP contribution in [-0.2, 0) is 9.47 Å². The SMILES string of the molecule is CCOC(OCC)c1cn(-c2cc(Br)ccc2Cl)nn1. The Hall–Kier alpha value is -0.950. The maximum Gasteiger partial charge on any atom is 0.204 e. The first kappa shape index (κ1) is 15.4. The van der Waals surface area contributed by atoms with E-state index < -0.39 is 6.29 Å². The number of rotatable bonds is 6. The number of nitrogens with zero attached hydrogens (tertiary/aromatic N) is 3. The summed E-state index contributed by atoms with van der Waals surface area (Å²) in [5.41, 5.74) is 1.36. The first-order valence-electron chi connectivity index (χ1n) is 6.26. The van der Waals surface area contributed by atoms with Crippen LogP contribution in [0.25, 0.3) is 5.69 Å². The summed E-state index contributed by atoms with van der Waals surface area (Å²) in [4.78, 5) is 0. The molecule has 0 aliphatic rings. The summed E-state index contributed by atoms with van der Waals surface area (Å²) < 4.78 is 13.5. The zero-order chi connectivity index (χ0) is 14.5. The van der Waals surface area contributed by atoms with Gasteiger partial charge in [-0.05, 0) is 32.0 Å². The van der Waals surface area contributed by atoms with Crippen LogP contribution in [0.2, 0.25) is 5.02 Å². The van der Waals surface area contributed by atoms with Gasteiger partial charge in [-0.2, -0.15) is 0 Å². The highest BCUT2D eigenvalue weighted by Gasteiger charge is 2.17. The van der Waals surface area contributed by atoms with Crippen molar-refractivity contribution in [1.29, 1.82) is 0 Å². The van der Waals surface area contributed by atoms with Gasteiger partial charge in [-0.15, -0.1) is 5.10 Å². The van der Waals surface area contributed by atoms with E-state index in [1.165, 1.54) is 0 Å². The van der Waals surface area contributed by atoms with Gasteiger partial charge in [0.25, 0.3) is 0 Å². The number of hydrogen-bond acceptors (Lipinski definition) is 4. The maximum absolute atomic E-state index is 6.17. The Balaban J connectivity index is 2.29. The van der Waals surface area contributed by atoms with E-state index in [0.29, 0.717) is 23.9 Å². The van der Waals surface area contributed by atoms with Crippen molar-refractivity contribution in [1.82, 2.24) is 15.0 Å². The minimum atomic E-state index is -0.510. The molecule has 2 rings (SSSR count). The lowest BCUT2D eigenvalue weighted by atomic mass is 10.3. The van der Waals surface area contributed by atoms with E-state index in [1.807, 2.05) is 26.0 Å². The Labute approximate surface area is 131 Å². The average Bonchev–Trinajstić information content (AvgIpc) is 2.91. The van der Waals surface area contributed by atoms with Crippen LogP contribution in [0.1, 0.15) is 25.8 Å². The summed E-state index contributed by atoms with van der Waals surface area (Å²) in [6.07, 6.45) is 1.24. The normalized spacial score (nSPS) is 11.2. The van der Waals surface area contributed by atoms with Gasteiger partial charge in [0.15, 0.2) is 0 Å². The summed E-state index contributed by atoms with van der Waals surface area (Å²) in [6, 6.07) is 5.54. The van der Waals surface area contributed by atoms with Crippen molar-refractivity contribution in [2.24, 2.45) is 0 Å². The molecule has 0 fully saturated rings. The van der Waals surface area contributed by atoms with Crippen molar-refractivity contribution in [3.63, 3.8) is 0 Å². The zero-order valence-corrected chi connectivity index (χ0v) is 13.6. The molecule has 1 aromatic heterocycles. The van der Waals surface area contributed by atoms with Crippen molar-refractivity contribution in [2.45, 2.75) is 20.1 Å². The predicted molar refractivity (Wildman–Crippen MR) is 80.1 cm³/mol. The molecule has 0 spiro atoms. The highest BCUT2D eigenvalue weighted by molar-refractivity contribution is 9.10. The standard InChI is InChI=1S/C13H15BrClN3O2/c1-3-19-13(20-4-2)11-8-18(17-16-11)12-7-9(14)5-6-10(12)15/h5-8,13H,3-4H2,1-2H3. The molecule has 0 aliphatic heterocycles. The van der Waals surface area contributed by atoms with E-state index in [1.54, 1.807) is 16.9 Å². The lowest BCUT2D eigenvalue weighted by Gasteiger charge is -2.13. The van der Waals surface area contributed by atoms with E-state index in [0.717, 1.165) is 10.2 Å². The van der Waals surface area contributed by atoms with Crippen LogP contribution < -0.4 is 0 Å². The summed E-state index contributed by atoms with van der Waals surface area (Å²) in [7, 11) is 0. The fourth-order valence-electron chi connectivity index (χ4n) is 1.69. The van der Waals surface area contributed by atoms with Gasteiger partial charge in [0, 0.05) is 17.7 Å². The molecule has 0 aliphatic carbocycles. The predicted octanol–water partition coefficient (Wildman–Crippen LogP) is 3.75. The van der Waals surface area contributed by atoms with Crippen LogP contribution in [0, 0.1) is 0 Å². The van der Waals surface area contributed by atoms with Crippen LogP contribution in [0.3, 0.4) is 0 Å². The molecule has 108 valence electrons. The molecule has 0 saturated heterocycles. The highest BCUT2D eigenvalue weighted by atomic mass is 79.9. The van der Waals surface area contributed by atoms with Gasteiger partial charge in [0.2, 0.25) is 6.29 Å². The topological polar surface area (TPSA) is 49.2 Å². The molecule has 0 amide bonds. The van der Waals surface area contributed by atoms with Crippen molar-refractivity contribution in [3.8, 4) is 5.69 Å². The van der Waals surface area contributed by atoms with Crippen LogP contribution in [0.5, 0.6) is 0 Å². The van der Waals surface area contributed by atoms with E-state index >= 15 is 0 Å². The molecular weight excluding hydrogens is 346 g/mol. The van der Waals surface area contributed by atoms with Crippen molar-refractivity contribution in [2.75, 3.05) is 13.2 Å². The Morgan fingerprint density at radius 3 is 2.65 bits per heavy atom. The first-order chi connectivity index (χ1) is 9.65. The molecule has 0 atom stereocenters. The van der Waals surface area contributed by atoms with E-state index in [2.05, 4.69) is 26.2 Å². The molecule has 20 heavy (non-hydrogen) atoms. The monoisotopic (exact) mass is 359 g/mol.